The van der Waals surface area contributed by atoms with Gasteiger partial charge in [0.1, 0.15) is 19.3 Å². The Labute approximate surface area is 613 Å². The van der Waals surface area contributed by atoms with Crippen molar-refractivity contribution in [1.82, 2.24) is 0 Å². The highest BCUT2D eigenvalue weighted by molar-refractivity contribution is 7.47. The molecule has 100 heavy (non-hydrogen) atoms. The van der Waals surface area contributed by atoms with E-state index >= 15 is 0 Å². The molecule has 0 amide bonds. The Kier molecular flexibility index (Phi) is 68.7. The summed E-state index contributed by atoms with van der Waals surface area (Å²) >= 11 is 0. The summed E-state index contributed by atoms with van der Waals surface area (Å²) in [5.74, 6) is 1.01. The van der Waals surface area contributed by atoms with Gasteiger partial charge in [-0.1, -0.05) is 364 Å². The van der Waals surface area contributed by atoms with Crippen LogP contribution in [0.3, 0.4) is 0 Å². The number of hydrogen-bond donors (Lipinski definition) is 3. The first-order chi connectivity index (χ1) is 48.1. The maximum absolute atomic E-state index is 13.1. The number of carbonyl (C=O) groups is 4. The first kappa shape index (κ1) is 98.1. The van der Waals surface area contributed by atoms with Crippen molar-refractivity contribution < 1.29 is 80.2 Å². The van der Waals surface area contributed by atoms with Crippen LogP contribution in [0.15, 0.2) is 0 Å². The molecule has 0 radical (unpaired) electrons. The zero-order valence-electron chi connectivity index (χ0n) is 65.8. The maximum Gasteiger partial charge on any atom is 0.472 e. The van der Waals surface area contributed by atoms with Crippen LogP contribution in [0.4, 0.5) is 0 Å². The van der Waals surface area contributed by atoms with E-state index in [9.17, 15) is 43.2 Å². The zero-order valence-corrected chi connectivity index (χ0v) is 67.6. The fraction of sp³-hybridized carbons (Fsp3) is 0.951. The lowest BCUT2D eigenvalue weighted by molar-refractivity contribution is -0.161. The molecular formula is C81H158O17P2. The van der Waals surface area contributed by atoms with Gasteiger partial charge in [-0.25, -0.2) is 9.13 Å². The molecule has 0 fully saturated rings. The molecule has 0 aromatic rings. The summed E-state index contributed by atoms with van der Waals surface area (Å²) in [4.78, 5) is 73.0. The van der Waals surface area contributed by atoms with Crippen LogP contribution < -0.4 is 0 Å². The van der Waals surface area contributed by atoms with Crippen molar-refractivity contribution in [3.05, 3.63) is 0 Å². The van der Waals surface area contributed by atoms with E-state index in [0.29, 0.717) is 31.6 Å². The van der Waals surface area contributed by atoms with Crippen molar-refractivity contribution in [1.29, 1.82) is 0 Å². The Morgan fingerprint density at radius 3 is 0.710 bits per heavy atom. The molecule has 19 heteroatoms. The van der Waals surface area contributed by atoms with Gasteiger partial charge in [0.05, 0.1) is 26.4 Å². The number of aliphatic hydroxyl groups excluding tert-OH is 1. The largest absolute Gasteiger partial charge is 0.472 e. The molecule has 594 valence electrons. The van der Waals surface area contributed by atoms with E-state index < -0.39 is 97.5 Å². The molecule has 0 spiro atoms. The molecule has 0 saturated heterocycles. The van der Waals surface area contributed by atoms with Crippen LogP contribution in [0.1, 0.15) is 415 Å². The van der Waals surface area contributed by atoms with Gasteiger partial charge >= 0.3 is 39.5 Å². The molecule has 4 unspecified atom stereocenters. The summed E-state index contributed by atoms with van der Waals surface area (Å²) in [6.07, 6.45) is 56.8. The Balaban J connectivity index is 5.25. The van der Waals surface area contributed by atoms with E-state index in [1.165, 1.54) is 212 Å². The van der Waals surface area contributed by atoms with Crippen LogP contribution in [-0.2, 0) is 65.4 Å². The van der Waals surface area contributed by atoms with Gasteiger partial charge in [0.2, 0.25) is 0 Å². The monoisotopic (exact) mass is 1470 g/mol. The topological polar surface area (TPSA) is 237 Å². The van der Waals surface area contributed by atoms with Gasteiger partial charge in [-0.2, -0.15) is 0 Å². The molecule has 0 bridgehead atoms. The highest BCUT2D eigenvalue weighted by atomic mass is 31.2. The Morgan fingerprint density at radius 2 is 0.480 bits per heavy atom. The molecule has 0 saturated carbocycles. The van der Waals surface area contributed by atoms with Gasteiger partial charge in [-0.05, 0) is 49.4 Å². The molecule has 0 aromatic heterocycles. The lowest BCUT2D eigenvalue weighted by Gasteiger charge is -2.21. The van der Waals surface area contributed by atoms with Gasteiger partial charge < -0.3 is 33.8 Å². The predicted octanol–water partition coefficient (Wildman–Crippen LogP) is 24.0. The number of phosphoric ester groups is 2. The van der Waals surface area contributed by atoms with Crippen molar-refractivity contribution in [3.8, 4) is 0 Å². The number of unbranched alkanes of at least 4 members (excludes halogenated alkanes) is 43. The zero-order chi connectivity index (χ0) is 73.8. The summed E-state index contributed by atoms with van der Waals surface area (Å²) in [5.41, 5.74) is 0. The number of esters is 4. The van der Waals surface area contributed by atoms with Crippen molar-refractivity contribution in [2.45, 2.75) is 433 Å². The minimum absolute atomic E-state index is 0.106. The van der Waals surface area contributed by atoms with Gasteiger partial charge in [-0.15, -0.1) is 0 Å². The molecule has 0 heterocycles. The molecule has 17 nitrogen and oxygen atoms in total. The molecular weight excluding hydrogens is 1310 g/mol. The lowest BCUT2D eigenvalue weighted by Crippen LogP contribution is -2.30. The Bertz CT molecular complexity index is 1960. The van der Waals surface area contributed by atoms with E-state index in [4.69, 9.17) is 37.0 Å². The second-order valence-electron chi connectivity index (χ2n) is 30.8. The molecule has 0 aliphatic heterocycles. The Hall–Kier alpha value is -1.94. The Morgan fingerprint density at radius 1 is 0.280 bits per heavy atom. The van der Waals surface area contributed by atoms with Crippen LogP contribution in [0.5, 0.6) is 0 Å². The molecule has 0 aliphatic carbocycles. The molecule has 3 N–H and O–H groups in total. The second-order valence-corrected chi connectivity index (χ2v) is 33.7. The summed E-state index contributed by atoms with van der Waals surface area (Å²) in [7, 11) is -9.92. The third-order valence-electron chi connectivity index (χ3n) is 19.2. The van der Waals surface area contributed by atoms with Crippen molar-refractivity contribution in [2.24, 2.45) is 23.7 Å². The van der Waals surface area contributed by atoms with Gasteiger partial charge in [0, 0.05) is 25.7 Å². The number of carbonyl (C=O) groups excluding carboxylic acids is 4. The van der Waals surface area contributed by atoms with Crippen LogP contribution >= 0.6 is 15.6 Å². The van der Waals surface area contributed by atoms with Crippen molar-refractivity contribution in [2.75, 3.05) is 39.6 Å². The van der Waals surface area contributed by atoms with Gasteiger partial charge in [0.15, 0.2) is 12.2 Å². The lowest BCUT2D eigenvalue weighted by atomic mass is 9.99. The highest BCUT2D eigenvalue weighted by Crippen LogP contribution is 2.45. The van der Waals surface area contributed by atoms with Crippen LogP contribution in [0.2, 0.25) is 0 Å². The van der Waals surface area contributed by atoms with Crippen LogP contribution in [-0.4, -0.2) is 96.7 Å². The van der Waals surface area contributed by atoms with E-state index in [-0.39, 0.29) is 25.7 Å². The second kappa shape index (κ2) is 70.1. The third-order valence-corrected chi connectivity index (χ3v) is 21.1. The number of phosphoric acid groups is 2. The van der Waals surface area contributed by atoms with Crippen LogP contribution in [0, 0.1) is 23.7 Å². The van der Waals surface area contributed by atoms with Gasteiger partial charge in [-0.3, -0.25) is 37.3 Å². The predicted molar refractivity (Wildman–Crippen MR) is 409 cm³/mol. The van der Waals surface area contributed by atoms with Gasteiger partial charge in [0.25, 0.3) is 0 Å². The van der Waals surface area contributed by atoms with E-state index in [2.05, 4.69) is 55.4 Å². The number of aliphatic hydroxyl groups is 1. The fourth-order valence-electron chi connectivity index (χ4n) is 12.4. The molecule has 0 aliphatic rings. The first-order valence-electron chi connectivity index (χ1n) is 41.7. The van der Waals surface area contributed by atoms with E-state index in [1.807, 2.05) is 0 Å². The average molecular weight is 1470 g/mol. The molecule has 6 atom stereocenters. The number of rotatable bonds is 78. The minimum atomic E-state index is -4.96. The first-order valence-corrected chi connectivity index (χ1v) is 44.7. The maximum atomic E-state index is 13.1. The van der Waals surface area contributed by atoms with Crippen LogP contribution in [0.25, 0.3) is 0 Å². The smallest absolute Gasteiger partial charge is 0.462 e. The third kappa shape index (κ3) is 73.0. The minimum Gasteiger partial charge on any atom is -0.462 e. The van der Waals surface area contributed by atoms with E-state index in [1.54, 1.807) is 0 Å². The summed E-state index contributed by atoms with van der Waals surface area (Å²) in [6.45, 7) is 14.3. The van der Waals surface area contributed by atoms with Crippen molar-refractivity contribution in [3.63, 3.8) is 0 Å². The normalized spacial score (nSPS) is 14.3. The standard InChI is InChI=1S/C81H158O17P2/c1-9-74(8)60-52-44-36-28-22-16-10-11-17-23-29-37-45-53-61-78(83)91-67-76(97-80(85)63-55-47-38-30-24-18-12-14-20-26-33-41-49-57-71(2)3)69-95-99(87,88)93-65-75(82)66-94-100(89,90)96-70-77(68-92-79(84)62-54-46-40-32-35-43-51-59-73(6)7)98-81(86)64-56-48-39-31-25-19-13-15-21-27-34-42-50-58-72(4)5/h71-77,82H,9-70H2,1-8H3,(H,87,88)(H,89,90)/t74?,75?,76-,77-/m1/s1. The summed E-state index contributed by atoms with van der Waals surface area (Å²) in [5, 5.41) is 10.6. The average Bonchev–Trinajstić information content (AvgIpc) is 0.921. The van der Waals surface area contributed by atoms with Crippen molar-refractivity contribution >= 4 is 39.5 Å². The van der Waals surface area contributed by atoms with E-state index in [0.717, 1.165) is 114 Å². The number of ether oxygens (including phenoxy) is 4. The molecule has 0 rings (SSSR count). The highest BCUT2D eigenvalue weighted by Gasteiger charge is 2.30. The summed E-state index contributed by atoms with van der Waals surface area (Å²) in [6, 6.07) is 0. The fourth-order valence-corrected chi connectivity index (χ4v) is 14.0. The molecule has 0 aromatic carbocycles. The quantitative estimate of drug-likeness (QED) is 0.0222. The SMILES string of the molecule is CCC(C)CCCCCCCCCCCCCCCCC(=O)OC[C@H](COP(=O)(O)OCC(O)COP(=O)(O)OC[C@@H](COC(=O)CCCCCCCCCC(C)C)OC(=O)CCCCCCCCCCCCCCCC(C)C)OC(=O)CCCCCCCCCCCCCCCC(C)C. The number of hydrogen-bond acceptors (Lipinski definition) is 15. The summed E-state index contributed by atoms with van der Waals surface area (Å²) < 4.78 is 68.7.